The molecule has 17 aromatic rings. The maximum atomic E-state index is 15.4. The van der Waals surface area contributed by atoms with Gasteiger partial charge in [0, 0.05) is 46.5 Å². The third kappa shape index (κ3) is 18.4. The Morgan fingerprint density at radius 3 is 0.762 bits per heavy atom. The monoisotopic (exact) mass is 1790 g/mol. The number of aromatic nitrogens is 4. The number of fused-ring (bicyclic) bond motifs is 4. The van der Waals surface area contributed by atoms with E-state index in [-0.39, 0.29) is 23.3 Å². The van der Waals surface area contributed by atoms with Crippen LogP contribution in [0.2, 0.25) is 69.5 Å². The molecule has 4 nitrogen and oxygen atoms in total. The lowest BCUT2D eigenvalue weighted by Gasteiger charge is -2.29. The van der Waals surface area contributed by atoms with Crippen molar-refractivity contribution >= 4 is 101 Å². The smallest absolute Gasteiger partial charge is 0.206 e. The molecular weight excluding hydrogens is 1660 g/mol. The van der Waals surface area contributed by atoms with Crippen LogP contribution in [0.3, 0.4) is 0 Å². The number of hydrogen-bond donors (Lipinski definition) is 0. The van der Waals surface area contributed by atoms with Gasteiger partial charge in [0.1, 0.15) is 59.5 Å². The van der Waals surface area contributed by atoms with Gasteiger partial charge in [0.05, 0.1) is 68.0 Å². The SMILES string of the molecule is CC[Si](CC)(CC)c1ccc2c(-c3cc(-c4ccccc4)c(F)c(C)c3C)[n+](C)ccc2c1.Cc1c(-c2c3ccc([Si](C)(C)C(C)C)cc3cc[n+]2C)cc(-c2ccccc2)c(F)c1C.Cc1c(-c2c3ccc([Si](C)(C)C)cc3cc[n+]2C)cc(-c2ccccc2)c(F)c1C.Cc1c(-c2c3ccc([Si](C)(C)c4ccccc4)cc3cc[n+]2C)cc(-c2ccccc2)c(F)c1C. The minimum atomic E-state index is -1.82. The molecule has 0 saturated carbocycles. The largest absolute Gasteiger partial charge is 0.220 e. The number of pyridine rings is 4. The molecule has 0 radical (unpaired) electrons. The summed E-state index contributed by atoms with van der Waals surface area (Å²) in [6.07, 6.45) is 8.52. The van der Waals surface area contributed by atoms with Gasteiger partial charge in [-0.1, -0.05) is 325 Å². The zero-order valence-electron chi connectivity index (χ0n) is 80.8. The van der Waals surface area contributed by atoms with Crippen molar-refractivity contribution in [3.63, 3.8) is 0 Å². The highest BCUT2D eigenvalue weighted by Crippen LogP contribution is 2.43. The molecule has 660 valence electrons. The van der Waals surface area contributed by atoms with Crippen LogP contribution < -0.4 is 44.2 Å². The fraction of sp³-hybridized carbons (Fsp3) is 0.237. The number of aryl methyl sites for hydroxylation is 4. The Balaban J connectivity index is 0.000000140. The minimum absolute atomic E-state index is 0.128. The van der Waals surface area contributed by atoms with Gasteiger partial charge >= 0.3 is 0 Å². The molecule has 0 aliphatic rings. The molecule has 12 heteroatoms. The molecule has 4 aromatic heterocycles. The Hall–Kier alpha value is -11.9. The van der Waals surface area contributed by atoms with Crippen LogP contribution in [0, 0.1) is 78.7 Å². The molecule has 130 heavy (non-hydrogen) atoms. The van der Waals surface area contributed by atoms with E-state index >= 15 is 17.6 Å². The van der Waals surface area contributed by atoms with Crippen molar-refractivity contribution in [2.45, 2.75) is 160 Å². The predicted molar refractivity (Wildman–Crippen MR) is 557 cm³/mol. The van der Waals surface area contributed by atoms with Crippen molar-refractivity contribution in [1.29, 1.82) is 0 Å². The van der Waals surface area contributed by atoms with Crippen LogP contribution in [-0.2, 0) is 28.2 Å². The molecule has 0 atom stereocenters. The first-order valence-electron chi connectivity index (χ1n) is 46.2. The third-order valence-corrected chi connectivity index (χ3v) is 45.0. The van der Waals surface area contributed by atoms with E-state index in [1.807, 2.05) is 201 Å². The second-order valence-electron chi connectivity index (χ2n) is 38.4. The zero-order valence-corrected chi connectivity index (χ0v) is 84.8. The summed E-state index contributed by atoms with van der Waals surface area (Å²) in [5.74, 6) is -0.533. The fourth-order valence-electron chi connectivity index (χ4n) is 19.0. The van der Waals surface area contributed by atoms with Gasteiger partial charge in [-0.3, -0.25) is 0 Å². The first kappa shape index (κ1) is 94.2. The van der Waals surface area contributed by atoms with Gasteiger partial charge in [-0.05, 0) is 198 Å². The van der Waals surface area contributed by atoms with Gasteiger partial charge in [-0.2, -0.15) is 0 Å². The number of rotatable bonds is 17. The Kier molecular flexibility index (Phi) is 28.0. The van der Waals surface area contributed by atoms with Gasteiger partial charge in [0.2, 0.25) is 22.8 Å². The lowest BCUT2D eigenvalue weighted by Crippen LogP contribution is -2.52. The van der Waals surface area contributed by atoms with Crippen molar-refractivity contribution in [1.82, 2.24) is 0 Å². The second kappa shape index (κ2) is 38.6. The van der Waals surface area contributed by atoms with Crippen molar-refractivity contribution in [2.24, 2.45) is 28.2 Å². The van der Waals surface area contributed by atoms with E-state index in [0.717, 1.165) is 89.5 Å². The Morgan fingerprint density at radius 1 is 0.254 bits per heavy atom. The number of hydrogen-bond acceptors (Lipinski definition) is 0. The third-order valence-electron chi connectivity index (χ3n) is 29.1. The van der Waals surface area contributed by atoms with E-state index < -0.39 is 32.3 Å². The fourth-order valence-corrected chi connectivity index (χ4v) is 27.8. The molecule has 17 rings (SSSR count). The van der Waals surface area contributed by atoms with Gasteiger partial charge in [-0.15, -0.1) is 0 Å². The van der Waals surface area contributed by atoms with E-state index in [9.17, 15) is 0 Å². The second-order valence-corrected chi connectivity index (χ2v) is 58.3. The Bertz CT molecular complexity index is 7100. The summed E-state index contributed by atoms with van der Waals surface area (Å²) in [4.78, 5) is 0. The normalized spacial score (nSPS) is 11.9. The topological polar surface area (TPSA) is 15.5 Å². The van der Waals surface area contributed by atoms with E-state index in [1.165, 1.54) is 82.0 Å². The molecular formula is C118H128F4N4Si4+4. The number of halogens is 4. The molecule has 0 spiro atoms. The number of nitrogens with zero attached hydrogens (tertiary/aromatic N) is 4. The van der Waals surface area contributed by atoms with E-state index in [1.54, 1.807) is 5.19 Å². The van der Waals surface area contributed by atoms with Crippen LogP contribution in [0.5, 0.6) is 0 Å². The summed E-state index contributed by atoms with van der Waals surface area (Å²) in [6.45, 7) is 44.3. The first-order chi connectivity index (χ1) is 62.0. The Morgan fingerprint density at radius 2 is 0.492 bits per heavy atom. The van der Waals surface area contributed by atoms with Gasteiger partial charge in [-0.25, -0.2) is 35.8 Å². The lowest BCUT2D eigenvalue weighted by molar-refractivity contribution is -0.659. The van der Waals surface area contributed by atoms with E-state index in [0.29, 0.717) is 50.0 Å². The average Bonchev–Trinajstić information content (AvgIpc) is 0.763. The molecule has 0 unspecified atom stereocenters. The van der Waals surface area contributed by atoms with Gasteiger partial charge < -0.3 is 0 Å². The summed E-state index contributed by atoms with van der Waals surface area (Å²) in [5, 5.41) is 17.1. The van der Waals surface area contributed by atoms with Crippen LogP contribution in [0.4, 0.5) is 17.6 Å². The first-order valence-corrected chi connectivity index (χ1v) is 58.3. The van der Waals surface area contributed by atoms with Crippen LogP contribution in [0.25, 0.3) is 133 Å². The van der Waals surface area contributed by atoms with Crippen LogP contribution in [-0.4, -0.2) is 32.3 Å². The van der Waals surface area contributed by atoms with Crippen LogP contribution in [0.1, 0.15) is 79.1 Å². The molecule has 0 fully saturated rings. The average molecular weight is 1790 g/mol. The molecule has 0 aliphatic carbocycles. The highest BCUT2D eigenvalue weighted by atomic mass is 28.3. The Labute approximate surface area is 774 Å². The maximum Gasteiger partial charge on any atom is 0.220 e. The van der Waals surface area contributed by atoms with E-state index in [2.05, 4.69) is 279 Å². The molecule has 13 aromatic carbocycles. The van der Waals surface area contributed by atoms with Crippen LogP contribution in [0.15, 0.2) is 298 Å². The van der Waals surface area contributed by atoms with E-state index in [4.69, 9.17) is 0 Å². The molecule has 0 saturated heterocycles. The summed E-state index contributed by atoms with van der Waals surface area (Å²) >= 11 is 0. The quantitative estimate of drug-likeness (QED) is 0.0491. The minimum Gasteiger partial charge on any atom is -0.206 e. The summed E-state index contributed by atoms with van der Waals surface area (Å²) in [6, 6.07) is 98.9. The predicted octanol–water partition coefficient (Wildman–Crippen LogP) is 27.4. The summed E-state index contributed by atoms with van der Waals surface area (Å²) in [7, 11) is 2.12. The summed E-state index contributed by atoms with van der Waals surface area (Å²) in [5.41, 5.74) is 22.6. The maximum absolute atomic E-state index is 15.4. The van der Waals surface area contributed by atoms with Crippen LogP contribution >= 0.6 is 0 Å². The standard InChI is InChI=1S/C32H31FNSi.C30H35FNSi.C29H33FNSi.C27H29FNSi/c1-22-23(2)31(33)30(24-12-8-6-9-13-24)21-29(22)32-28-17-16-27(20-25(28)18-19-34(32)3)35(4,5)26-14-10-7-11-15-26;1-7-33(8-2,9-3)25-15-16-26-24(19-25)17-18-32(6)30(26)27-20-28(23-13-11-10-12-14-23)29(31)22(5)21(27)4;1-19(2)32(6,7)24-13-14-25-23(17-24)15-16-31(5)29(25)26-18-27(22-11-9-8-10-12-22)28(30)21(4)20(26)3;1-18-19(2)26(28)25(20-10-8-7-9-11-20)17-24(18)27-23-13-12-22(30(4,5)6)16-21(23)14-15-29(27)3/h6-21H,1-5H3;10-20H,7-9H2,1-6H3;8-19H,1-7H3;7-17H,1-6H3/q4*+1. The zero-order chi connectivity index (χ0) is 93.3. The molecule has 0 N–H and O–H groups in total. The lowest BCUT2D eigenvalue weighted by atomic mass is 9.91. The van der Waals surface area contributed by atoms with Crippen molar-refractivity contribution < 1.29 is 35.8 Å². The number of benzene rings is 13. The highest BCUT2D eigenvalue weighted by Gasteiger charge is 2.35. The van der Waals surface area contributed by atoms with Crippen molar-refractivity contribution in [2.75, 3.05) is 0 Å². The molecule has 4 heterocycles. The van der Waals surface area contributed by atoms with Gasteiger partial charge in [0.25, 0.3) is 0 Å². The van der Waals surface area contributed by atoms with Crippen molar-refractivity contribution in [3.8, 4) is 89.5 Å². The highest BCUT2D eigenvalue weighted by molar-refractivity contribution is 7.00. The summed E-state index contributed by atoms with van der Waals surface area (Å²) < 4.78 is 70.0. The van der Waals surface area contributed by atoms with Gasteiger partial charge in [0.15, 0.2) is 24.8 Å². The molecule has 0 amide bonds. The molecule has 0 aliphatic heterocycles. The molecule has 0 bridgehead atoms. The van der Waals surface area contributed by atoms with Crippen molar-refractivity contribution in [3.05, 3.63) is 366 Å².